The highest BCUT2D eigenvalue weighted by Crippen LogP contribution is 2.37. The molecule has 0 atom stereocenters. The Labute approximate surface area is 165 Å². The molecule has 3 aromatic rings. The van der Waals surface area contributed by atoms with Crippen LogP contribution in [-0.4, -0.2) is 27.4 Å². The Morgan fingerprint density at radius 1 is 1.29 bits per heavy atom. The van der Waals surface area contributed by atoms with Crippen molar-refractivity contribution in [2.24, 2.45) is 0 Å². The smallest absolute Gasteiger partial charge is 0.258 e. The van der Waals surface area contributed by atoms with Crippen molar-refractivity contribution in [3.63, 3.8) is 0 Å². The Bertz CT molecular complexity index is 996. The summed E-state index contributed by atoms with van der Waals surface area (Å²) in [7, 11) is 1.66. The van der Waals surface area contributed by atoms with Gasteiger partial charge in [0, 0.05) is 35.4 Å². The van der Waals surface area contributed by atoms with Crippen molar-refractivity contribution in [2.75, 3.05) is 12.4 Å². The van der Waals surface area contributed by atoms with Crippen molar-refractivity contribution in [2.45, 2.75) is 58.5 Å². The van der Waals surface area contributed by atoms with E-state index in [1.54, 1.807) is 18.0 Å². The highest BCUT2D eigenvalue weighted by molar-refractivity contribution is 6.14. The maximum absolute atomic E-state index is 13.2. The summed E-state index contributed by atoms with van der Waals surface area (Å²) in [6.07, 6.45) is 9.68. The van der Waals surface area contributed by atoms with E-state index in [1.807, 2.05) is 25.3 Å². The zero-order chi connectivity index (χ0) is 19.7. The predicted molar refractivity (Wildman–Crippen MR) is 111 cm³/mol. The lowest BCUT2D eigenvalue weighted by atomic mass is 9.95. The molecular weight excluding hydrogens is 352 g/mol. The summed E-state index contributed by atoms with van der Waals surface area (Å²) in [5.74, 6) is 0.669. The van der Waals surface area contributed by atoms with Crippen LogP contribution in [0.3, 0.4) is 0 Å². The van der Waals surface area contributed by atoms with E-state index in [0.717, 1.165) is 34.5 Å². The van der Waals surface area contributed by atoms with E-state index in [1.165, 1.54) is 32.1 Å². The van der Waals surface area contributed by atoms with Crippen LogP contribution < -0.4 is 10.1 Å². The largest absolute Gasteiger partial charge is 0.497 e. The summed E-state index contributed by atoms with van der Waals surface area (Å²) >= 11 is 0. The second kappa shape index (κ2) is 7.70. The van der Waals surface area contributed by atoms with Gasteiger partial charge in [0.05, 0.1) is 24.6 Å². The van der Waals surface area contributed by atoms with Gasteiger partial charge in [-0.1, -0.05) is 19.3 Å². The minimum Gasteiger partial charge on any atom is -0.497 e. The standard InChI is InChI=1S/C22H28N4O2/c1-4-25-14-16(13-23-25)24-22(27)21-15(2)26(17-8-6-5-7-9-17)20-11-10-18(28-3)12-19(20)21/h10-14,17H,4-9H2,1-3H3,(H,24,27). The molecule has 1 amide bonds. The van der Waals surface area contributed by atoms with Gasteiger partial charge in [0.15, 0.2) is 0 Å². The first kappa shape index (κ1) is 18.6. The minimum absolute atomic E-state index is 0.0963. The lowest BCUT2D eigenvalue weighted by Gasteiger charge is -2.26. The Morgan fingerprint density at radius 2 is 2.07 bits per heavy atom. The number of hydrogen-bond acceptors (Lipinski definition) is 3. The molecule has 1 aliphatic rings. The second-order valence-electron chi connectivity index (χ2n) is 7.54. The van der Waals surface area contributed by atoms with Gasteiger partial charge in [-0.3, -0.25) is 9.48 Å². The Kier molecular flexibility index (Phi) is 5.11. The van der Waals surface area contributed by atoms with Crippen molar-refractivity contribution in [3.05, 3.63) is 41.9 Å². The van der Waals surface area contributed by atoms with E-state index < -0.39 is 0 Å². The molecule has 0 unspecified atom stereocenters. The number of fused-ring (bicyclic) bond motifs is 1. The SMILES string of the molecule is CCn1cc(NC(=O)c2c(C)n(C3CCCCC3)c3ccc(OC)cc23)cn1. The molecule has 1 saturated carbocycles. The molecule has 0 spiro atoms. The molecule has 2 heterocycles. The Balaban J connectivity index is 1.79. The van der Waals surface area contributed by atoms with Gasteiger partial charge in [0.25, 0.3) is 5.91 Å². The molecule has 6 nitrogen and oxygen atoms in total. The number of anilines is 1. The van der Waals surface area contributed by atoms with Crippen LogP contribution >= 0.6 is 0 Å². The molecule has 4 rings (SSSR count). The number of nitrogens with zero attached hydrogens (tertiary/aromatic N) is 3. The van der Waals surface area contributed by atoms with Crippen LogP contribution in [0, 0.1) is 6.92 Å². The average molecular weight is 380 g/mol. The van der Waals surface area contributed by atoms with Crippen molar-refractivity contribution >= 4 is 22.5 Å². The molecule has 0 radical (unpaired) electrons. The third-order valence-corrected chi connectivity index (χ3v) is 5.84. The van der Waals surface area contributed by atoms with Gasteiger partial charge in [-0.25, -0.2) is 0 Å². The quantitative estimate of drug-likeness (QED) is 0.682. The topological polar surface area (TPSA) is 61.1 Å². The van der Waals surface area contributed by atoms with Crippen molar-refractivity contribution in [1.82, 2.24) is 14.3 Å². The molecule has 6 heteroatoms. The summed E-state index contributed by atoms with van der Waals surface area (Å²) in [5, 5.41) is 8.22. The summed E-state index contributed by atoms with van der Waals surface area (Å²) in [5.41, 5.74) is 3.58. The van der Waals surface area contributed by atoms with Crippen molar-refractivity contribution in [3.8, 4) is 5.75 Å². The fourth-order valence-corrected chi connectivity index (χ4v) is 4.44. The number of methoxy groups -OCH3 is 1. The molecule has 1 aliphatic carbocycles. The van der Waals surface area contributed by atoms with E-state index in [9.17, 15) is 4.79 Å². The lowest BCUT2D eigenvalue weighted by Crippen LogP contribution is -2.16. The zero-order valence-corrected chi connectivity index (χ0v) is 16.9. The van der Waals surface area contributed by atoms with Crippen LogP contribution in [0.15, 0.2) is 30.6 Å². The number of nitrogens with one attached hydrogen (secondary N) is 1. The van der Waals surface area contributed by atoms with Crippen LogP contribution in [-0.2, 0) is 6.54 Å². The van der Waals surface area contributed by atoms with Gasteiger partial charge in [-0.15, -0.1) is 0 Å². The number of aryl methyl sites for hydroxylation is 1. The van der Waals surface area contributed by atoms with Gasteiger partial charge in [-0.2, -0.15) is 5.10 Å². The van der Waals surface area contributed by atoms with Crippen LogP contribution in [0.1, 0.15) is 61.1 Å². The van der Waals surface area contributed by atoms with E-state index in [-0.39, 0.29) is 5.91 Å². The summed E-state index contributed by atoms with van der Waals surface area (Å²) in [4.78, 5) is 13.2. The number of hydrogen-bond donors (Lipinski definition) is 1. The van der Waals surface area contributed by atoms with Crippen LogP contribution in [0.25, 0.3) is 10.9 Å². The highest BCUT2D eigenvalue weighted by atomic mass is 16.5. The second-order valence-corrected chi connectivity index (χ2v) is 7.54. The Hall–Kier alpha value is -2.76. The van der Waals surface area contributed by atoms with Gasteiger partial charge in [-0.05, 0) is 44.9 Å². The van der Waals surface area contributed by atoms with E-state index in [0.29, 0.717) is 11.7 Å². The fraction of sp³-hybridized carbons (Fsp3) is 0.455. The third kappa shape index (κ3) is 3.28. The first-order valence-corrected chi connectivity index (χ1v) is 10.1. The van der Waals surface area contributed by atoms with Crippen molar-refractivity contribution < 1.29 is 9.53 Å². The molecule has 0 bridgehead atoms. The monoisotopic (exact) mass is 380 g/mol. The normalized spacial score (nSPS) is 15.1. The molecule has 0 aliphatic heterocycles. The maximum atomic E-state index is 13.2. The first-order valence-electron chi connectivity index (χ1n) is 10.1. The van der Waals surface area contributed by atoms with E-state index in [2.05, 4.69) is 28.0 Å². The highest BCUT2D eigenvalue weighted by Gasteiger charge is 2.25. The van der Waals surface area contributed by atoms with Crippen LogP contribution in [0.5, 0.6) is 5.75 Å². The molecule has 2 aromatic heterocycles. The molecule has 148 valence electrons. The number of rotatable bonds is 5. The summed E-state index contributed by atoms with van der Waals surface area (Å²) in [6.45, 7) is 4.85. The Morgan fingerprint density at radius 3 is 2.75 bits per heavy atom. The summed E-state index contributed by atoms with van der Waals surface area (Å²) < 4.78 is 9.61. The molecule has 28 heavy (non-hydrogen) atoms. The number of ether oxygens (including phenoxy) is 1. The average Bonchev–Trinajstić information content (AvgIpc) is 3.29. The maximum Gasteiger partial charge on any atom is 0.258 e. The molecule has 1 fully saturated rings. The van der Waals surface area contributed by atoms with E-state index >= 15 is 0 Å². The zero-order valence-electron chi connectivity index (χ0n) is 16.9. The molecule has 1 N–H and O–H groups in total. The lowest BCUT2D eigenvalue weighted by molar-refractivity contribution is 0.102. The number of amides is 1. The van der Waals surface area contributed by atoms with Crippen LogP contribution in [0.2, 0.25) is 0 Å². The number of carbonyl (C=O) groups excluding carboxylic acids is 1. The predicted octanol–water partition coefficient (Wildman–Crippen LogP) is 4.93. The number of benzene rings is 1. The molecule has 0 saturated heterocycles. The first-order chi connectivity index (χ1) is 13.6. The molecule has 1 aromatic carbocycles. The van der Waals surface area contributed by atoms with Gasteiger partial charge >= 0.3 is 0 Å². The van der Waals surface area contributed by atoms with Gasteiger partial charge < -0.3 is 14.6 Å². The minimum atomic E-state index is -0.0963. The number of aromatic nitrogens is 3. The van der Waals surface area contributed by atoms with Crippen LogP contribution in [0.4, 0.5) is 5.69 Å². The van der Waals surface area contributed by atoms with Crippen molar-refractivity contribution in [1.29, 1.82) is 0 Å². The molecular formula is C22H28N4O2. The summed E-state index contributed by atoms with van der Waals surface area (Å²) in [6, 6.07) is 6.50. The van der Waals surface area contributed by atoms with Gasteiger partial charge in [0.1, 0.15) is 5.75 Å². The fourth-order valence-electron chi connectivity index (χ4n) is 4.44. The van der Waals surface area contributed by atoms with Gasteiger partial charge in [0.2, 0.25) is 0 Å². The number of carbonyl (C=O) groups is 1. The third-order valence-electron chi connectivity index (χ3n) is 5.84. The van der Waals surface area contributed by atoms with E-state index in [4.69, 9.17) is 4.74 Å².